The molecule has 42 heavy (non-hydrogen) atoms. The molecule has 0 radical (unpaired) electrons. The second kappa shape index (κ2) is 40.7. The van der Waals surface area contributed by atoms with Crippen LogP contribution in [0.2, 0.25) is 0 Å². The van der Waals surface area contributed by atoms with Gasteiger partial charge in [-0.3, -0.25) is 0 Å². The Labute approximate surface area is 261 Å². The van der Waals surface area contributed by atoms with Gasteiger partial charge in [-0.2, -0.15) is 0 Å². The number of unbranched alkanes of at least 4 members (excludes halogenated alkanes) is 17. The minimum absolute atomic E-state index is 0.567. The summed E-state index contributed by atoms with van der Waals surface area (Å²) in [5, 5.41) is 0. The molecule has 0 aliphatic heterocycles. The topological polar surface area (TPSA) is 64.6 Å². The Kier molecular flexibility index (Phi) is 40.4. The largest absolute Gasteiger partial charge is 0.379 e. The van der Waals surface area contributed by atoms with Crippen molar-refractivity contribution in [2.45, 2.75) is 136 Å². The predicted molar refractivity (Wildman–Crippen MR) is 175 cm³/mol. The van der Waals surface area contributed by atoms with Crippen LogP contribution < -0.4 is 0 Å². The normalized spacial score (nSPS) is 11.6. The zero-order valence-electron chi connectivity index (χ0n) is 28.2. The van der Waals surface area contributed by atoms with Gasteiger partial charge in [0.15, 0.2) is 0 Å². The molecule has 0 aliphatic rings. The molecule has 0 unspecified atom stereocenters. The van der Waals surface area contributed by atoms with Crippen LogP contribution in [0.25, 0.3) is 0 Å². The third-order valence-electron chi connectivity index (χ3n) is 7.27. The van der Waals surface area contributed by atoms with Crippen molar-refractivity contribution in [2.24, 2.45) is 0 Å². The molecular formula is C35H72O7. The highest BCUT2D eigenvalue weighted by atomic mass is 16.6. The van der Waals surface area contributed by atoms with Crippen LogP contribution in [-0.2, 0) is 33.2 Å². The van der Waals surface area contributed by atoms with Gasteiger partial charge in [-0.15, -0.1) is 0 Å². The lowest BCUT2D eigenvalue weighted by atomic mass is 10.0. The summed E-state index contributed by atoms with van der Waals surface area (Å²) >= 11 is 0. The second-order valence-corrected chi connectivity index (χ2v) is 11.3. The third-order valence-corrected chi connectivity index (χ3v) is 7.27. The molecule has 0 rings (SSSR count). The summed E-state index contributed by atoms with van der Waals surface area (Å²) in [6.07, 6.45) is 25.9. The fourth-order valence-corrected chi connectivity index (χ4v) is 4.63. The van der Waals surface area contributed by atoms with E-state index in [9.17, 15) is 0 Å². The minimum Gasteiger partial charge on any atom is -0.379 e. The van der Waals surface area contributed by atoms with Crippen LogP contribution >= 0.6 is 0 Å². The van der Waals surface area contributed by atoms with E-state index in [-0.39, 0.29) is 0 Å². The van der Waals surface area contributed by atoms with Crippen LogP contribution in [0, 0.1) is 0 Å². The van der Waals surface area contributed by atoms with Crippen molar-refractivity contribution >= 4 is 0 Å². The van der Waals surface area contributed by atoms with Crippen molar-refractivity contribution in [3.63, 3.8) is 0 Å². The molecule has 0 aromatic heterocycles. The standard InChI is InChI=1S/C35H72O7/c1-3-5-7-8-9-10-11-12-13-14-15-16-17-18-19-21-23-37-25-27-39-29-31-41-33-35-42-34-32-40-30-28-38-26-24-36-22-20-6-4-2/h3-35H2,1-2H3. The van der Waals surface area contributed by atoms with Gasteiger partial charge in [-0.1, -0.05) is 123 Å². The summed E-state index contributed by atoms with van der Waals surface area (Å²) in [6, 6.07) is 0. The van der Waals surface area contributed by atoms with Gasteiger partial charge < -0.3 is 33.2 Å². The van der Waals surface area contributed by atoms with E-state index in [1.807, 2.05) is 0 Å². The van der Waals surface area contributed by atoms with E-state index < -0.39 is 0 Å². The van der Waals surface area contributed by atoms with E-state index in [0.717, 1.165) is 26.1 Å². The Balaban J connectivity index is 3.02. The Hall–Kier alpha value is -0.280. The summed E-state index contributed by atoms with van der Waals surface area (Å²) in [6.45, 7) is 13.4. The minimum atomic E-state index is 0.567. The molecule has 0 atom stereocenters. The number of rotatable bonds is 39. The molecule has 0 aromatic carbocycles. The van der Waals surface area contributed by atoms with E-state index in [0.29, 0.717) is 79.3 Å². The maximum absolute atomic E-state index is 5.68. The first-order valence-corrected chi connectivity index (χ1v) is 18.0. The van der Waals surface area contributed by atoms with Crippen molar-refractivity contribution in [3.8, 4) is 0 Å². The summed E-state index contributed by atoms with van der Waals surface area (Å²) in [5.41, 5.74) is 0. The number of ether oxygens (including phenoxy) is 7. The molecule has 7 nitrogen and oxygen atoms in total. The van der Waals surface area contributed by atoms with Crippen LogP contribution in [0.1, 0.15) is 136 Å². The summed E-state index contributed by atoms with van der Waals surface area (Å²) < 4.78 is 38.7. The Morgan fingerprint density at radius 1 is 0.190 bits per heavy atom. The Morgan fingerprint density at radius 3 is 0.619 bits per heavy atom. The number of hydrogen-bond acceptors (Lipinski definition) is 7. The highest BCUT2D eigenvalue weighted by molar-refractivity contribution is 4.50. The lowest BCUT2D eigenvalue weighted by molar-refractivity contribution is -0.0206. The maximum atomic E-state index is 5.68. The molecule has 0 aliphatic carbocycles. The van der Waals surface area contributed by atoms with Crippen LogP contribution in [-0.4, -0.2) is 92.5 Å². The molecule has 0 heterocycles. The fourth-order valence-electron chi connectivity index (χ4n) is 4.63. The SMILES string of the molecule is CCCCCCCCCCCCCCCCCCOCCOCCOCCOCCOCCOCCOCCCCC. The van der Waals surface area contributed by atoms with Crippen LogP contribution in [0.15, 0.2) is 0 Å². The van der Waals surface area contributed by atoms with Crippen LogP contribution in [0.4, 0.5) is 0 Å². The van der Waals surface area contributed by atoms with Crippen molar-refractivity contribution in [1.29, 1.82) is 0 Å². The van der Waals surface area contributed by atoms with Crippen molar-refractivity contribution < 1.29 is 33.2 Å². The summed E-state index contributed by atoms with van der Waals surface area (Å²) in [5.74, 6) is 0. The Morgan fingerprint density at radius 2 is 0.357 bits per heavy atom. The smallest absolute Gasteiger partial charge is 0.0701 e. The van der Waals surface area contributed by atoms with E-state index in [1.165, 1.54) is 109 Å². The quantitative estimate of drug-likeness (QED) is 0.0651. The first-order valence-electron chi connectivity index (χ1n) is 18.0. The van der Waals surface area contributed by atoms with Crippen molar-refractivity contribution in [1.82, 2.24) is 0 Å². The zero-order chi connectivity index (χ0) is 30.3. The fraction of sp³-hybridized carbons (Fsp3) is 1.00. The monoisotopic (exact) mass is 605 g/mol. The molecule has 0 fully saturated rings. The molecule has 254 valence electrons. The van der Waals surface area contributed by atoms with Crippen molar-refractivity contribution in [2.75, 3.05) is 92.5 Å². The lowest BCUT2D eigenvalue weighted by Crippen LogP contribution is -2.14. The van der Waals surface area contributed by atoms with Gasteiger partial charge in [-0.25, -0.2) is 0 Å². The number of hydrogen-bond donors (Lipinski definition) is 0. The van der Waals surface area contributed by atoms with E-state index in [2.05, 4.69) is 13.8 Å². The average molecular weight is 605 g/mol. The summed E-state index contributed by atoms with van der Waals surface area (Å²) in [7, 11) is 0. The molecule has 0 spiro atoms. The molecular weight excluding hydrogens is 532 g/mol. The molecule has 0 amide bonds. The highest BCUT2D eigenvalue weighted by Crippen LogP contribution is 2.13. The molecule has 7 heteroatoms. The molecule has 0 bridgehead atoms. The van der Waals surface area contributed by atoms with Gasteiger partial charge in [0.25, 0.3) is 0 Å². The first-order chi connectivity index (χ1) is 20.9. The van der Waals surface area contributed by atoms with Gasteiger partial charge in [0.1, 0.15) is 0 Å². The third kappa shape index (κ3) is 39.7. The first kappa shape index (κ1) is 41.7. The van der Waals surface area contributed by atoms with Gasteiger partial charge in [0.2, 0.25) is 0 Å². The average Bonchev–Trinajstić information content (AvgIpc) is 3.00. The van der Waals surface area contributed by atoms with Gasteiger partial charge in [0.05, 0.1) is 79.3 Å². The van der Waals surface area contributed by atoms with Crippen molar-refractivity contribution in [3.05, 3.63) is 0 Å². The molecule has 0 aromatic rings. The van der Waals surface area contributed by atoms with E-state index >= 15 is 0 Å². The van der Waals surface area contributed by atoms with Gasteiger partial charge >= 0.3 is 0 Å². The maximum Gasteiger partial charge on any atom is 0.0701 e. The Bertz CT molecular complexity index is 413. The van der Waals surface area contributed by atoms with Gasteiger partial charge in [0, 0.05) is 13.2 Å². The van der Waals surface area contributed by atoms with Crippen LogP contribution in [0.3, 0.4) is 0 Å². The highest BCUT2D eigenvalue weighted by Gasteiger charge is 1.97. The van der Waals surface area contributed by atoms with Gasteiger partial charge in [-0.05, 0) is 12.8 Å². The zero-order valence-corrected chi connectivity index (χ0v) is 28.2. The summed E-state index contributed by atoms with van der Waals surface area (Å²) in [4.78, 5) is 0. The predicted octanol–water partition coefficient (Wildman–Crippen LogP) is 8.55. The second-order valence-electron chi connectivity index (χ2n) is 11.3. The molecule has 0 saturated carbocycles. The van der Waals surface area contributed by atoms with E-state index in [4.69, 9.17) is 33.2 Å². The lowest BCUT2D eigenvalue weighted by Gasteiger charge is -2.08. The van der Waals surface area contributed by atoms with Crippen LogP contribution in [0.5, 0.6) is 0 Å². The van der Waals surface area contributed by atoms with E-state index in [1.54, 1.807) is 0 Å². The molecule has 0 saturated heterocycles. The molecule has 0 N–H and O–H groups in total.